The smallest absolute Gasteiger partial charge is 0.0625 e. The molecule has 1 saturated carbocycles. The van der Waals surface area contributed by atoms with Crippen LogP contribution in [0.3, 0.4) is 0 Å². The first kappa shape index (κ1) is 7.35. The maximum atomic E-state index is 4.20. The number of nitrogens with zero attached hydrogens (tertiary/aromatic N) is 1. The molecule has 2 nitrogen and oxygen atoms in total. The molecule has 0 spiro atoms. The second kappa shape index (κ2) is 2.97. The van der Waals surface area contributed by atoms with Crippen molar-refractivity contribution in [3.8, 4) is 0 Å². The number of nitrogens with one attached hydrogen (secondary N) is 1. The number of hydrogen-bond acceptors (Lipinski definition) is 2. The predicted molar refractivity (Wildman–Crippen MR) is 51.0 cm³/mol. The molecule has 0 bridgehead atoms. The molecule has 1 aliphatic carbocycles. The van der Waals surface area contributed by atoms with E-state index < -0.39 is 0 Å². The molecule has 0 aliphatic heterocycles. The van der Waals surface area contributed by atoms with Crippen LogP contribution >= 0.6 is 0 Å². The van der Waals surface area contributed by atoms with Crippen molar-refractivity contribution in [2.75, 3.05) is 5.32 Å². The molecule has 1 aliphatic rings. The van der Waals surface area contributed by atoms with Crippen molar-refractivity contribution in [1.82, 2.24) is 4.98 Å². The molecular formula is C10H12N2. The standard InChI is InChI=1S/C10H12N2/c1-2-8-3-6-10(7-11-8)12-9-4-5-9/h2-3,6-7,9,12H,1,4-5H2. The topological polar surface area (TPSA) is 24.9 Å². The van der Waals surface area contributed by atoms with Crippen molar-refractivity contribution in [3.05, 3.63) is 30.6 Å². The predicted octanol–water partition coefficient (Wildman–Crippen LogP) is 2.30. The summed E-state index contributed by atoms with van der Waals surface area (Å²) in [7, 11) is 0. The SMILES string of the molecule is C=Cc1ccc(NC2CC2)cn1. The van der Waals surface area contributed by atoms with Crippen LogP contribution in [0.1, 0.15) is 18.5 Å². The molecule has 2 heteroatoms. The van der Waals surface area contributed by atoms with E-state index in [1.807, 2.05) is 18.3 Å². The summed E-state index contributed by atoms with van der Waals surface area (Å²) >= 11 is 0. The molecule has 1 fully saturated rings. The Morgan fingerprint density at radius 3 is 2.83 bits per heavy atom. The van der Waals surface area contributed by atoms with Gasteiger partial charge in [-0.05, 0) is 31.1 Å². The van der Waals surface area contributed by atoms with Crippen molar-refractivity contribution in [2.24, 2.45) is 0 Å². The zero-order valence-corrected chi connectivity index (χ0v) is 6.96. The molecule has 0 atom stereocenters. The van der Waals surface area contributed by atoms with Crippen molar-refractivity contribution >= 4 is 11.8 Å². The highest BCUT2D eigenvalue weighted by molar-refractivity contribution is 5.49. The lowest BCUT2D eigenvalue weighted by molar-refractivity contribution is 1.14. The van der Waals surface area contributed by atoms with Crippen molar-refractivity contribution in [1.29, 1.82) is 0 Å². The third-order valence-electron chi connectivity index (χ3n) is 1.94. The zero-order chi connectivity index (χ0) is 8.39. The van der Waals surface area contributed by atoms with E-state index in [1.54, 1.807) is 6.08 Å². The molecule has 12 heavy (non-hydrogen) atoms. The minimum absolute atomic E-state index is 0.696. The normalized spacial score (nSPS) is 15.7. The van der Waals surface area contributed by atoms with Crippen LogP contribution in [0.2, 0.25) is 0 Å². The highest BCUT2D eigenvalue weighted by Crippen LogP contribution is 2.24. The number of anilines is 1. The summed E-state index contributed by atoms with van der Waals surface area (Å²) in [4.78, 5) is 4.20. The van der Waals surface area contributed by atoms with Gasteiger partial charge in [0.1, 0.15) is 0 Å². The largest absolute Gasteiger partial charge is 0.381 e. The molecule has 0 saturated heterocycles. The van der Waals surface area contributed by atoms with Crippen LogP contribution in [0.25, 0.3) is 6.08 Å². The first-order chi connectivity index (χ1) is 5.88. The second-order valence-electron chi connectivity index (χ2n) is 3.09. The molecule has 1 N–H and O–H groups in total. The summed E-state index contributed by atoms with van der Waals surface area (Å²) in [5, 5.41) is 3.37. The van der Waals surface area contributed by atoms with Gasteiger partial charge in [-0.25, -0.2) is 0 Å². The summed E-state index contributed by atoms with van der Waals surface area (Å²) in [6.45, 7) is 3.65. The summed E-state index contributed by atoms with van der Waals surface area (Å²) in [5.74, 6) is 0. The molecule has 0 radical (unpaired) electrons. The van der Waals surface area contributed by atoms with Gasteiger partial charge in [0, 0.05) is 6.04 Å². The van der Waals surface area contributed by atoms with E-state index in [0.717, 1.165) is 11.4 Å². The van der Waals surface area contributed by atoms with Crippen LogP contribution in [-0.4, -0.2) is 11.0 Å². The third-order valence-corrected chi connectivity index (χ3v) is 1.94. The molecule has 62 valence electrons. The van der Waals surface area contributed by atoms with E-state index in [9.17, 15) is 0 Å². The number of rotatable bonds is 3. The van der Waals surface area contributed by atoms with Gasteiger partial charge in [-0.2, -0.15) is 0 Å². The summed E-state index contributed by atoms with van der Waals surface area (Å²) in [5.41, 5.74) is 2.04. The van der Waals surface area contributed by atoms with Crippen LogP contribution in [0.4, 0.5) is 5.69 Å². The van der Waals surface area contributed by atoms with Crippen LogP contribution in [0.15, 0.2) is 24.9 Å². The number of aromatic nitrogens is 1. The Balaban J connectivity index is 2.07. The number of pyridine rings is 1. The van der Waals surface area contributed by atoms with Crippen molar-refractivity contribution in [2.45, 2.75) is 18.9 Å². The van der Waals surface area contributed by atoms with Gasteiger partial charge < -0.3 is 5.32 Å². The van der Waals surface area contributed by atoms with Crippen molar-refractivity contribution < 1.29 is 0 Å². The van der Waals surface area contributed by atoms with Gasteiger partial charge in [-0.15, -0.1) is 0 Å². The van der Waals surface area contributed by atoms with Gasteiger partial charge in [0.25, 0.3) is 0 Å². The quantitative estimate of drug-likeness (QED) is 0.733. The Hall–Kier alpha value is -1.31. The first-order valence-electron chi connectivity index (χ1n) is 4.23. The van der Waals surface area contributed by atoms with E-state index in [1.165, 1.54) is 12.8 Å². The maximum Gasteiger partial charge on any atom is 0.0625 e. The molecule has 0 amide bonds. The lowest BCUT2D eigenvalue weighted by atomic mass is 10.3. The lowest BCUT2D eigenvalue weighted by Crippen LogP contribution is -2.00. The highest BCUT2D eigenvalue weighted by atomic mass is 15.0. The molecule has 2 rings (SSSR count). The average molecular weight is 160 g/mol. The van der Waals surface area contributed by atoms with E-state index in [-0.39, 0.29) is 0 Å². The van der Waals surface area contributed by atoms with Gasteiger partial charge >= 0.3 is 0 Å². The van der Waals surface area contributed by atoms with Crippen LogP contribution in [-0.2, 0) is 0 Å². The fourth-order valence-electron chi connectivity index (χ4n) is 1.07. The molecule has 1 aromatic heterocycles. The number of hydrogen-bond donors (Lipinski definition) is 1. The van der Waals surface area contributed by atoms with E-state index in [0.29, 0.717) is 6.04 Å². The monoisotopic (exact) mass is 160 g/mol. The molecular weight excluding hydrogens is 148 g/mol. The fraction of sp³-hybridized carbons (Fsp3) is 0.300. The first-order valence-corrected chi connectivity index (χ1v) is 4.23. The fourth-order valence-corrected chi connectivity index (χ4v) is 1.07. The Morgan fingerprint density at radius 1 is 1.50 bits per heavy atom. The molecule has 1 heterocycles. The lowest BCUT2D eigenvalue weighted by Gasteiger charge is -2.02. The van der Waals surface area contributed by atoms with Gasteiger partial charge in [0.05, 0.1) is 17.6 Å². The molecule has 1 aromatic rings. The van der Waals surface area contributed by atoms with E-state index in [2.05, 4.69) is 16.9 Å². The van der Waals surface area contributed by atoms with Gasteiger partial charge in [0.2, 0.25) is 0 Å². The van der Waals surface area contributed by atoms with Gasteiger partial charge in [-0.3, -0.25) is 4.98 Å². The summed E-state index contributed by atoms with van der Waals surface area (Å²) in [6, 6.07) is 4.71. The zero-order valence-electron chi connectivity index (χ0n) is 6.96. The third kappa shape index (κ3) is 1.64. The summed E-state index contributed by atoms with van der Waals surface area (Å²) < 4.78 is 0. The highest BCUT2D eigenvalue weighted by Gasteiger charge is 2.20. The van der Waals surface area contributed by atoms with Crippen molar-refractivity contribution in [3.63, 3.8) is 0 Å². The van der Waals surface area contributed by atoms with Crippen LogP contribution < -0.4 is 5.32 Å². The Labute approximate surface area is 72.3 Å². The minimum atomic E-state index is 0.696. The van der Waals surface area contributed by atoms with E-state index in [4.69, 9.17) is 0 Å². The van der Waals surface area contributed by atoms with Gasteiger partial charge in [0.15, 0.2) is 0 Å². The van der Waals surface area contributed by atoms with Gasteiger partial charge in [-0.1, -0.05) is 6.58 Å². The summed E-state index contributed by atoms with van der Waals surface area (Å²) in [6.07, 6.45) is 6.20. The Bertz CT molecular complexity index is 272. The van der Waals surface area contributed by atoms with Crippen LogP contribution in [0, 0.1) is 0 Å². The average Bonchev–Trinajstić information content (AvgIpc) is 2.90. The minimum Gasteiger partial charge on any atom is -0.381 e. The Morgan fingerprint density at radius 2 is 2.33 bits per heavy atom. The maximum absolute atomic E-state index is 4.20. The Kier molecular flexibility index (Phi) is 1.82. The van der Waals surface area contributed by atoms with Crippen LogP contribution in [0.5, 0.6) is 0 Å². The second-order valence-corrected chi connectivity index (χ2v) is 3.09. The van der Waals surface area contributed by atoms with E-state index >= 15 is 0 Å². The molecule has 0 aromatic carbocycles. The molecule has 0 unspecified atom stereocenters.